The molecule has 1 aromatic heterocycles. The molecule has 0 bridgehead atoms. The predicted molar refractivity (Wildman–Crippen MR) is 84.6 cm³/mol. The Balaban J connectivity index is 1.93. The van der Waals surface area contributed by atoms with E-state index in [0.717, 1.165) is 5.56 Å². The third kappa shape index (κ3) is 2.66. The summed E-state index contributed by atoms with van der Waals surface area (Å²) in [7, 11) is -3.28. The summed E-state index contributed by atoms with van der Waals surface area (Å²) in [5.74, 6) is -0.178. The van der Waals surface area contributed by atoms with Crippen LogP contribution in [0.1, 0.15) is 15.9 Å². The summed E-state index contributed by atoms with van der Waals surface area (Å²) in [6.07, 6.45) is 1.79. The van der Waals surface area contributed by atoms with Crippen molar-refractivity contribution in [3.8, 4) is 0 Å². The van der Waals surface area contributed by atoms with Gasteiger partial charge in [-0.25, -0.2) is 8.42 Å². The number of fused-ring (bicyclic) bond motifs is 1. The molecule has 7 heteroatoms. The maximum Gasteiger partial charge on any atom is 0.256 e. The van der Waals surface area contributed by atoms with Crippen molar-refractivity contribution in [1.29, 1.82) is 0 Å². The van der Waals surface area contributed by atoms with E-state index in [1.165, 1.54) is 21.9 Å². The van der Waals surface area contributed by atoms with Crippen LogP contribution in [0.4, 0.5) is 11.4 Å². The minimum atomic E-state index is -3.28. The van der Waals surface area contributed by atoms with Crippen LogP contribution in [-0.4, -0.2) is 27.1 Å². The first-order valence-corrected chi connectivity index (χ1v) is 9.19. The minimum Gasteiger partial charge on any atom is -0.322 e. The van der Waals surface area contributed by atoms with Crippen molar-refractivity contribution in [2.75, 3.05) is 22.4 Å². The van der Waals surface area contributed by atoms with Gasteiger partial charge in [0, 0.05) is 23.2 Å². The second-order valence-corrected chi connectivity index (χ2v) is 7.54. The van der Waals surface area contributed by atoms with Gasteiger partial charge in [0.2, 0.25) is 10.0 Å². The number of carbonyl (C=O) groups is 1. The van der Waals surface area contributed by atoms with Crippen LogP contribution in [0.25, 0.3) is 0 Å². The molecular formula is C14H14N2O3S2. The largest absolute Gasteiger partial charge is 0.322 e. The standard InChI is InChI=1S/C14H14N2O3S2/c1-21(18,19)16-7-5-11-12(3-2-4-13(11)16)15-14(17)10-6-8-20-9-10/h2-4,6,8-9H,5,7H2,1H3,(H,15,17). The van der Waals surface area contributed by atoms with Crippen molar-refractivity contribution >= 4 is 38.6 Å². The Morgan fingerprint density at radius 1 is 1.33 bits per heavy atom. The quantitative estimate of drug-likeness (QED) is 0.943. The van der Waals surface area contributed by atoms with Gasteiger partial charge in [-0.1, -0.05) is 6.07 Å². The number of anilines is 2. The number of nitrogens with zero attached hydrogens (tertiary/aromatic N) is 1. The molecule has 1 aliphatic rings. The number of carbonyl (C=O) groups excluding carboxylic acids is 1. The number of hydrogen-bond donors (Lipinski definition) is 1. The molecule has 5 nitrogen and oxygen atoms in total. The molecule has 110 valence electrons. The van der Waals surface area contributed by atoms with E-state index in [1.807, 2.05) is 5.38 Å². The summed E-state index contributed by atoms with van der Waals surface area (Å²) in [4.78, 5) is 12.1. The van der Waals surface area contributed by atoms with Gasteiger partial charge in [-0.15, -0.1) is 0 Å². The lowest BCUT2D eigenvalue weighted by molar-refractivity contribution is 0.102. The fourth-order valence-corrected chi connectivity index (χ4v) is 4.04. The molecule has 1 aromatic carbocycles. The van der Waals surface area contributed by atoms with Crippen LogP contribution in [0.3, 0.4) is 0 Å². The highest BCUT2D eigenvalue weighted by Crippen LogP contribution is 2.35. The molecule has 3 rings (SSSR count). The SMILES string of the molecule is CS(=O)(=O)N1CCc2c(NC(=O)c3ccsc3)cccc21. The fourth-order valence-electron chi connectivity index (χ4n) is 2.45. The lowest BCUT2D eigenvalue weighted by atomic mass is 10.1. The van der Waals surface area contributed by atoms with E-state index in [0.29, 0.717) is 29.9 Å². The van der Waals surface area contributed by atoms with E-state index in [-0.39, 0.29) is 5.91 Å². The summed E-state index contributed by atoms with van der Waals surface area (Å²) in [5.41, 5.74) is 2.80. The van der Waals surface area contributed by atoms with E-state index in [1.54, 1.807) is 29.6 Å². The minimum absolute atomic E-state index is 0.178. The lowest BCUT2D eigenvalue weighted by Gasteiger charge is -2.17. The zero-order valence-electron chi connectivity index (χ0n) is 11.4. The Kier molecular flexibility index (Phi) is 3.46. The van der Waals surface area contributed by atoms with Gasteiger partial charge >= 0.3 is 0 Å². The van der Waals surface area contributed by atoms with Gasteiger partial charge in [-0.3, -0.25) is 9.10 Å². The van der Waals surface area contributed by atoms with E-state index < -0.39 is 10.0 Å². The third-order valence-corrected chi connectivity index (χ3v) is 5.28. The molecule has 1 amide bonds. The smallest absolute Gasteiger partial charge is 0.256 e. The number of sulfonamides is 1. The van der Waals surface area contributed by atoms with Crippen molar-refractivity contribution < 1.29 is 13.2 Å². The van der Waals surface area contributed by atoms with Gasteiger partial charge in [-0.05, 0) is 30.0 Å². The Hall–Kier alpha value is -1.86. The molecule has 1 N–H and O–H groups in total. The number of hydrogen-bond acceptors (Lipinski definition) is 4. The van der Waals surface area contributed by atoms with Crippen molar-refractivity contribution in [1.82, 2.24) is 0 Å². The lowest BCUT2D eigenvalue weighted by Crippen LogP contribution is -2.27. The first-order chi connectivity index (χ1) is 9.97. The molecule has 0 fully saturated rings. The molecule has 1 aliphatic heterocycles. The van der Waals surface area contributed by atoms with Crippen LogP contribution in [0.5, 0.6) is 0 Å². The van der Waals surface area contributed by atoms with E-state index in [4.69, 9.17) is 0 Å². The molecule has 0 radical (unpaired) electrons. The summed E-state index contributed by atoms with van der Waals surface area (Å²) < 4.78 is 24.9. The summed E-state index contributed by atoms with van der Waals surface area (Å²) in [6, 6.07) is 7.08. The zero-order valence-corrected chi connectivity index (χ0v) is 13.0. The fraction of sp³-hybridized carbons (Fsp3) is 0.214. The molecule has 21 heavy (non-hydrogen) atoms. The van der Waals surface area contributed by atoms with Crippen LogP contribution in [-0.2, 0) is 16.4 Å². The highest BCUT2D eigenvalue weighted by atomic mass is 32.2. The Morgan fingerprint density at radius 3 is 2.81 bits per heavy atom. The van der Waals surface area contributed by atoms with Crippen LogP contribution < -0.4 is 9.62 Å². The normalized spacial score (nSPS) is 14.0. The van der Waals surface area contributed by atoms with Crippen molar-refractivity contribution in [3.05, 3.63) is 46.2 Å². The summed E-state index contributed by atoms with van der Waals surface area (Å²) in [6.45, 7) is 0.416. The van der Waals surface area contributed by atoms with Crippen LogP contribution in [0.15, 0.2) is 35.0 Å². The van der Waals surface area contributed by atoms with Gasteiger partial charge < -0.3 is 5.32 Å². The number of benzene rings is 1. The number of nitrogens with one attached hydrogen (secondary N) is 1. The first kappa shape index (κ1) is 14.1. The second-order valence-electron chi connectivity index (χ2n) is 4.85. The van der Waals surface area contributed by atoms with E-state index in [9.17, 15) is 13.2 Å². The number of rotatable bonds is 3. The molecule has 0 saturated heterocycles. The van der Waals surface area contributed by atoms with Crippen molar-refractivity contribution in [2.24, 2.45) is 0 Å². The molecule has 0 spiro atoms. The van der Waals surface area contributed by atoms with E-state index in [2.05, 4.69) is 5.32 Å². The third-order valence-electron chi connectivity index (χ3n) is 3.42. The summed E-state index contributed by atoms with van der Waals surface area (Å²) in [5, 5.41) is 6.48. The van der Waals surface area contributed by atoms with Gasteiger partial charge in [0.1, 0.15) is 0 Å². The molecule has 0 unspecified atom stereocenters. The maximum atomic E-state index is 12.1. The molecule has 0 saturated carbocycles. The highest BCUT2D eigenvalue weighted by Gasteiger charge is 2.28. The van der Waals surface area contributed by atoms with E-state index >= 15 is 0 Å². The average Bonchev–Trinajstić information content (AvgIpc) is 3.07. The number of thiophene rings is 1. The zero-order chi connectivity index (χ0) is 15.0. The molecule has 2 heterocycles. The Labute approximate surface area is 127 Å². The topological polar surface area (TPSA) is 66.5 Å². The van der Waals surface area contributed by atoms with Crippen LogP contribution in [0, 0.1) is 0 Å². The molecule has 2 aromatic rings. The predicted octanol–water partition coefficient (Wildman–Crippen LogP) is 2.32. The molecular weight excluding hydrogens is 308 g/mol. The molecule has 0 aliphatic carbocycles. The highest BCUT2D eigenvalue weighted by molar-refractivity contribution is 7.92. The number of amides is 1. The first-order valence-electron chi connectivity index (χ1n) is 6.40. The van der Waals surface area contributed by atoms with Crippen LogP contribution >= 0.6 is 11.3 Å². The average molecular weight is 322 g/mol. The van der Waals surface area contributed by atoms with Gasteiger partial charge in [0.15, 0.2) is 0 Å². The van der Waals surface area contributed by atoms with Crippen molar-refractivity contribution in [2.45, 2.75) is 6.42 Å². The Bertz CT molecular complexity index is 783. The summed E-state index contributed by atoms with van der Waals surface area (Å²) >= 11 is 1.46. The monoisotopic (exact) mass is 322 g/mol. The molecule has 0 atom stereocenters. The van der Waals surface area contributed by atoms with Gasteiger partial charge in [0.25, 0.3) is 5.91 Å². The van der Waals surface area contributed by atoms with Crippen molar-refractivity contribution in [3.63, 3.8) is 0 Å². The second kappa shape index (κ2) is 5.16. The Morgan fingerprint density at radius 2 is 2.14 bits per heavy atom. The van der Waals surface area contributed by atoms with Gasteiger partial charge in [-0.2, -0.15) is 11.3 Å². The van der Waals surface area contributed by atoms with Gasteiger partial charge in [0.05, 0.1) is 17.5 Å². The maximum absolute atomic E-state index is 12.1. The van der Waals surface area contributed by atoms with Crippen LogP contribution in [0.2, 0.25) is 0 Å².